The van der Waals surface area contributed by atoms with Crippen molar-refractivity contribution in [3.63, 3.8) is 0 Å². The van der Waals surface area contributed by atoms with Crippen molar-refractivity contribution in [2.75, 3.05) is 0 Å². The minimum Gasteiger partial charge on any atom is -0.353 e. The van der Waals surface area contributed by atoms with Crippen LogP contribution >= 0.6 is 11.3 Å². The Bertz CT molecular complexity index is 1420. The summed E-state index contributed by atoms with van der Waals surface area (Å²) in [6.45, 7) is 0. The van der Waals surface area contributed by atoms with Gasteiger partial charge in [-0.25, -0.2) is 4.98 Å². The molecule has 1 N–H and O–H groups in total. The van der Waals surface area contributed by atoms with Gasteiger partial charge in [0.1, 0.15) is 4.83 Å². The van der Waals surface area contributed by atoms with Crippen molar-refractivity contribution < 1.29 is 0 Å². The maximum absolute atomic E-state index is 4.90. The molecular weight excluding hydrogens is 336 g/mol. The van der Waals surface area contributed by atoms with E-state index in [0.29, 0.717) is 0 Å². The molecule has 6 rings (SSSR count). The number of benzene rings is 3. The number of hydrogen-bond donors (Lipinski definition) is 1. The number of rotatable bonds is 1. The summed E-state index contributed by atoms with van der Waals surface area (Å²) in [5.74, 6) is 0. The van der Waals surface area contributed by atoms with E-state index in [1.54, 1.807) is 11.3 Å². The van der Waals surface area contributed by atoms with Crippen molar-refractivity contribution in [2.24, 2.45) is 0 Å². The molecule has 0 fully saturated rings. The standard InChI is InChI=1S/C23H14N2S/c1-2-8-14(9-3-1)21-22-19(15-10-4-6-12-17(15)24-21)20-16-11-5-7-13-18(16)25-23(20)26-22/h1-13,24H. The number of fused-ring (bicyclic) bond motifs is 7. The Morgan fingerprint density at radius 1 is 0.692 bits per heavy atom. The third-order valence-electron chi connectivity index (χ3n) is 5.03. The lowest BCUT2D eigenvalue weighted by Gasteiger charge is -2.08. The van der Waals surface area contributed by atoms with E-state index in [4.69, 9.17) is 4.98 Å². The van der Waals surface area contributed by atoms with Gasteiger partial charge in [-0.05, 0) is 17.7 Å². The van der Waals surface area contributed by atoms with E-state index in [9.17, 15) is 0 Å². The van der Waals surface area contributed by atoms with Crippen LogP contribution in [0.4, 0.5) is 0 Å². The summed E-state index contributed by atoms with van der Waals surface area (Å²) in [7, 11) is 0. The summed E-state index contributed by atoms with van der Waals surface area (Å²) in [6, 6.07) is 27.6. The van der Waals surface area contributed by atoms with E-state index in [2.05, 4.69) is 83.8 Å². The minimum atomic E-state index is 1.08. The molecule has 0 bridgehead atoms. The van der Waals surface area contributed by atoms with Gasteiger partial charge in [0.05, 0.1) is 15.9 Å². The third kappa shape index (κ3) is 1.83. The highest BCUT2D eigenvalue weighted by atomic mass is 32.1. The first-order chi connectivity index (χ1) is 12.9. The summed E-state index contributed by atoms with van der Waals surface area (Å²) < 4.78 is 1.28. The van der Waals surface area contributed by atoms with Crippen LogP contribution in [0.15, 0.2) is 78.9 Å². The number of nitrogens with zero attached hydrogens (tertiary/aromatic N) is 1. The van der Waals surface area contributed by atoms with Gasteiger partial charge in [-0.1, -0.05) is 66.7 Å². The fourth-order valence-corrected chi connectivity index (χ4v) is 5.12. The molecule has 0 amide bonds. The van der Waals surface area contributed by atoms with Crippen molar-refractivity contribution in [3.05, 3.63) is 78.9 Å². The van der Waals surface area contributed by atoms with Crippen LogP contribution in [-0.2, 0) is 0 Å². The summed E-state index contributed by atoms with van der Waals surface area (Å²) in [5, 5.41) is 5.09. The van der Waals surface area contributed by atoms with E-state index in [0.717, 1.165) is 15.9 Å². The molecule has 122 valence electrons. The van der Waals surface area contributed by atoms with Crippen LogP contribution in [-0.4, -0.2) is 9.97 Å². The Morgan fingerprint density at radius 3 is 2.31 bits per heavy atom. The number of nitrogens with one attached hydrogen (secondary N) is 1. The van der Waals surface area contributed by atoms with Gasteiger partial charge in [0, 0.05) is 27.1 Å². The van der Waals surface area contributed by atoms with Crippen LogP contribution in [0.5, 0.6) is 0 Å². The van der Waals surface area contributed by atoms with Gasteiger partial charge in [0.15, 0.2) is 0 Å². The summed E-state index contributed by atoms with van der Waals surface area (Å²) in [6.07, 6.45) is 0. The topological polar surface area (TPSA) is 28.7 Å². The Hall–Kier alpha value is -3.17. The second-order valence-corrected chi connectivity index (χ2v) is 7.53. The van der Waals surface area contributed by atoms with Gasteiger partial charge in [0.2, 0.25) is 0 Å². The maximum Gasteiger partial charge on any atom is 0.125 e. The maximum atomic E-state index is 4.90. The zero-order chi connectivity index (χ0) is 17.1. The second kappa shape index (κ2) is 5.16. The fraction of sp³-hybridized carbons (Fsp3) is 0. The van der Waals surface area contributed by atoms with E-state index in [1.165, 1.54) is 37.5 Å². The van der Waals surface area contributed by atoms with Gasteiger partial charge < -0.3 is 4.98 Å². The number of pyridine rings is 1. The molecule has 0 atom stereocenters. The van der Waals surface area contributed by atoms with Crippen molar-refractivity contribution in [2.45, 2.75) is 0 Å². The molecule has 26 heavy (non-hydrogen) atoms. The molecule has 0 aliphatic heterocycles. The number of hydrogen-bond acceptors (Lipinski definition) is 2. The van der Waals surface area contributed by atoms with Crippen molar-refractivity contribution in [3.8, 4) is 11.3 Å². The highest BCUT2D eigenvalue weighted by Crippen LogP contribution is 2.45. The Morgan fingerprint density at radius 2 is 1.42 bits per heavy atom. The average Bonchev–Trinajstić information content (AvgIpc) is 3.24. The van der Waals surface area contributed by atoms with Crippen molar-refractivity contribution in [1.82, 2.24) is 9.97 Å². The molecule has 0 unspecified atom stereocenters. The van der Waals surface area contributed by atoms with Crippen LogP contribution in [0.25, 0.3) is 53.4 Å². The zero-order valence-electron chi connectivity index (χ0n) is 13.9. The average molecular weight is 350 g/mol. The molecule has 3 heteroatoms. The lowest BCUT2D eigenvalue weighted by atomic mass is 10.0. The molecule has 2 nitrogen and oxygen atoms in total. The van der Waals surface area contributed by atoms with Crippen molar-refractivity contribution in [1.29, 1.82) is 0 Å². The Balaban J connectivity index is 1.90. The lowest BCUT2D eigenvalue weighted by Crippen LogP contribution is -1.86. The highest BCUT2D eigenvalue weighted by molar-refractivity contribution is 7.26. The van der Waals surface area contributed by atoms with E-state index in [-0.39, 0.29) is 0 Å². The summed E-state index contributed by atoms with van der Waals surface area (Å²) in [5.41, 5.74) is 4.61. The van der Waals surface area contributed by atoms with Gasteiger partial charge in [-0.3, -0.25) is 0 Å². The number of aromatic amines is 1. The molecule has 0 aliphatic rings. The number of thiophene rings is 1. The Kier molecular flexibility index (Phi) is 2.79. The molecule has 0 spiro atoms. The third-order valence-corrected chi connectivity index (χ3v) is 6.13. The molecule has 3 aromatic heterocycles. The van der Waals surface area contributed by atoms with Crippen LogP contribution in [0, 0.1) is 0 Å². The van der Waals surface area contributed by atoms with Gasteiger partial charge in [-0.15, -0.1) is 11.3 Å². The number of para-hydroxylation sites is 2. The van der Waals surface area contributed by atoms with Crippen molar-refractivity contribution >= 4 is 53.4 Å². The van der Waals surface area contributed by atoms with Gasteiger partial charge in [0.25, 0.3) is 0 Å². The van der Waals surface area contributed by atoms with E-state index in [1.807, 2.05) is 0 Å². The van der Waals surface area contributed by atoms with E-state index < -0.39 is 0 Å². The number of H-pyrrole nitrogens is 1. The minimum absolute atomic E-state index is 1.08. The smallest absolute Gasteiger partial charge is 0.125 e. The van der Waals surface area contributed by atoms with Gasteiger partial charge >= 0.3 is 0 Å². The molecule has 6 aromatic rings. The molecule has 0 radical (unpaired) electrons. The SMILES string of the molecule is c1ccc(-c2[nH]c3ccccc3c3c2sc2nc4ccccc4c23)cc1. The summed E-state index contributed by atoms with van der Waals surface area (Å²) >= 11 is 1.78. The Labute approximate surface area is 153 Å². The molecule has 3 heterocycles. The van der Waals surface area contributed by atoms with Crippen LogP contribution in [0.1, 0.15) is 0 Å². The predicted octanol–water partition coefficient (Wildman–Crippen LogP) is 6.75. The van der Waals surface area contributed by atoms with Crippen LogP contribution in [0.2, 0.25) is 0 Å². The number of aromatic nitrogens is 2. The first kappa shape index (κ1) is 14.0. The largest absolute Gasteiger partial charge is 0.353 e. The van der Waals surface area contributed by atoms with E-state index >= 15 is 0 Å². The fourth-order valence-electron chi connectivity index (χ4n) is 3.88. The second-order valence-electron chi connectivity index (χ2n) is 6.53. The quantitative estimate of drug-likeness (QED) is 0.349. The monoisotopic (exact) mass is 350 g/mol. The molecule has 0 saturated heterocycles. The first-order valence-electron chi connectivity index (χ1n) is 8.67. The first-order valence-corrected chi connectivity index (χ1v) is 9.49. The summed E-state index contributed by atoms with van der Waals surface area (Å²) in [4.78, 5) is 9.68. The highest BCUT2D eigenvalue weighted by Gasteiger charge is 2.18. The zero-order valence-corrected chi connectivity index (χ0v) is 14.7. The molecular formula is C23H14N2S. The normalized spacial score (nSPS) is 11.8. The van der Waals surface area contributed by atoms with Gasteiger partial charge in [-0.2, -0.15) is 0 Å². The van der Waals surface area contributed by atoms with Crippen LogP contribution < -0.4 is 0 Å². The molecule has 0 aliphatic carbocycles. The molecule has 0 saturated carbocycles. The lowest BCUT2D eigenvalue weighted by molar-refractivity contribution is 1.44. The predicted molar refractivity (Wildman–Crippen MR) is 112 cm³/mol. The molecule has 3 aromatic carbocycles. The van der Waals surface area contributed by atoms with Crippen LogP contribution in [0.3, 0.4) is 0 Å².